The summed E-state index contributed by atoms with van der Waals surface area (Å²) >= 11 is 3.65. The Kier molecular flexibility index (Phi) is 4.10. The molecule has 1 heterocycles. The van der Waals surface area contributed by atoms with Crippen LogP contribution in [0.15, 0.2) is 10.5 Å². The van der Waals surface area contributed by atoms with E-state index >= 15 is 0 Å². The summed E-state index contributed by atoms with van der Waals surface area (Å²) < 4.78 is 12.7. The maximum Gasteiger partial charge on any atom is 0.139 e. The van der Waals surface area contributed by atoms with Gasteiger partial charge in [-0.15, -0.1) is 0 Å². The third-order valence-electron chi connectivity index (χ3n) is 4.05. The molecule has 1 saturated heterocycles. The summed E-state index contributed by atoms with van der Waals surface area (Å²) in [5.41, 5.74) is 4.18. The summed E-state index contributed by atoms with van der Waals surface area (Å²) in [6.45, 7) is 2.59. The molecule has 1 unspecified atom stereocenters. The number of nitrogens with one attached hydrogen (secondary N) is 1. The van der Waals surface area contributed by atoms with Crippen molar-refractivity contribution in [1.82, 2.24) is 5.32 Å². The molecule has 1 atom stereocenters. The highest BCUT2D eigenvalue weighted by Crippen LogP contribution is 2.41. The molecule has 104 valence electrons. The number of methoxy groups -OCH3 is 1. The third-order valence-corrected chi connectivity index (χ3v) is 4.64. The Bertz CT molecular complexity index is 470. The molecule has 3 rings (SSSR count). The zero-order valence-corrected chi connectivity index (χ0v) is 12.9. The van der Waals surface area contributed by atoms with Crippen LogP contribution in [0.2, 0.25) is 0 Å². The number of hydrogen-bond acceptors (Lipinski definition) is 3. The highest BCUT2D eigenvalue weighted by Gasteiger charge is 2.27. The molecule has 3 nitrogen and oxygen atoms in total. The average Bonchev–Trinajstić information content (AvgIpc) is 2.46. The first-order chi connectivity index (χ1) is 9.31. The molecule has 0 radical (unpaired) electrons. The second-order valence-corrected chi connectivity index (χ2v) is 6.07. The molecule has 0 spiro atoms. The van der Waals surface area contributed by atoms with Crippen LogP contribution in [0.3, 0.4) is 0 Å². The van der Waals surface area contributed by atoms with E-state index < -0.39 is 0 Å². The van der Waals surface area contributed by atoms with E-state index in [-0.39, 0.29) is 6.10 Å². The van der Waals surface area contributed by atoms with Crippen molar-refractivity contribution >= 4 is 15.9 Å². The van der Waals surface area contributed by atoms with Crippen LogP contribution < -0.4 is 10.1 Å². The van der Waals surface area contributed by atoms with Gasteiger partial charge in [0.05, 0.1) is 24.3 Å². The van der Waals surface area contributed by atoms with E-state index in [0.29, 0.717) is 0 Å². The van der Waals surface area contributed by atoms with Gasteiger partial charge in [0.15, 0.2) is 0 Å². The molecule has 1 aromatic carbocycles. The van der Waals surface area contributed by atoms with Crippen molar-refractivity contribution in [2.45, 2.75) is 31.8 Å². The molecule has 1 aliphatic carbocycles. The Morgan fingerprint density at radius 3 is 2.95 bits per heavy atom. The lowest BCUT2D eigenvalue weighted by atomic mass is 9.85. The number of rotatable bonds is 2. The first-order valence-electron chi connectivity index (χ1n) is 7.01. The molecule has 19 heavy (non-hydrogen) atoms. The monoisotopic (exact) mass is 325 g/mol. The number of hydrogen-bond donors (Lipinski definition) is 1. The van der Waals surface area contributed by atoms with Crippen LogP contribution in [-0.4, -0.2) is 26.8 Å². The van der Waals surface area contributed by atoms with Crippen molar-refractivity contribution in [2.75, 3.05) is 26.8 Å². The van der Waals surface area contributed by atoms with Gasteiger partial charge in [0.25, 0.3) is 0 Å². The summed E-state index contributed by atoms with van der Waals surface area (Å²) in [6, 6.07) is 2.23. The molecule has 2 aliphatic rings. The average molecular weight is 326 g/mol. The lowest BCUT2D eigenvalue weighted by Gasteiger charge is -2.30. The molecule has 1 fully saturated rings. The Morgan fingerprint density at radius 2 is 2.21 bits per heavy atom. The Morgan fingerprint density at radius 1 is 1.37 bits per heavy atom. The number of benzene rings is 1. The molecule has 0 bridgehead atoms. The molecular formula is C15H20BrNO2. The first-order valence-corrected chi connectivity index (χ1v) is 7.81. The van der Waals surface area contributed by atoms with E-state index in [0.717, 1.165) is 36.3 Å². The van der Waals surface area contributed by atoms with Gasteiger partial charge in [-0.25, -0.2) is 0 Å². The molecule has 0 saturated carbocycles. The highest BCUT2D eigenvalue weighted by molar-refractivity contribution is 9.10. The van der Waals surface area contributed by atoms with Gasteiger partial charge >= 0.3 is 0 Å². The van der Waals surface area contributed by atoms with E-state index in [1.54, 1.807) is 7.11 Å². The molecule has 1 aromatic rings. The van der Waals surface area contributed by atoms with Gasteiger partial charge in [0, 0.05) is 18.7 Å². The minimum Gasteiger partial charge on any atom is -0.495 e. The minimum atomic E-state index is 0.119. The van der Waals surface area contributed by atoms with Crippen LogP contribution in [0.5, 0.6) is 5.75 Å². The fourth-order valence-electron chi connectivity index (χ4n) is 3.18. The molecule has 1 N–H and O–H groups in total. The SMILES string of the molecule is COc1c(Br)cc2c(c1C1CNCCO1)CCCC2. The number of halogens is 1. The van der Waals surface area contributed by atoms with Crippen molar-refractivity contribution in [1.29, 1.82) is 0 Å². The number of ether oxygens (including phenoxy) is 2. The van der Waals surface area contributed by atoms with Gasteiger partial charge in [-0.2, -0.15) is 0 Å². The second kappa shape index (κ2) is 5.81. The molecule has 0 amide bonds. The van der Waals surface area contributed by atoms with E-state index in [4.69, 9.17) is 9.47 Å². The summed E-state index contributed by atoms with van der Waals surface area (Å²) in [5, 5.41) is 3.42. The maximum atomic E-state index is 5.96. The Balaban J connectivity index is 2.09. The van der Waals surface area contributed by atoms with Crippen LogP contribution in [0.25, 0.3) is 0 Å². The highest BCUT2D eigenvalue weighted by atomic mass is 79.9. The van der Waals surface area contributed by atoms with Gasteiger partial charge in [0.2, 0.25) is 0 Å². The lowest BCUT2D eigenvalue weighted by Crippen LogP contribution is -2.34. The smallest absolute Gasteiger partial charge is 0.139 e. The van der Waals surface area contributed by atoms with Crippen molar-refractivity contribution in [2.24, 2.45) is 0 Å². The van der Waals surface area contributed by atoms with E-state index in [1.165, 1.54) is 36.0 Å². The quantitative estimate of drug-likeness (QED) is 0.906. The summed E-state index contributed by atoms with van der Waals surface area (Å²) in [4.78, 5) is 0. The van der Waals surface area contributed by atoms with Crippen LogP contribution in [0.1, 0.15) is 35.6 Å². The van der Waals surface area contributed by atoms with Gasteiger partial charge in [0.1, 0.15) is 5.75 Å². The molecule has 0 aromatic heterocycles. The Labute approximate surface area is 122 Å². The second-order valence-electron chi connectivity index (χ2n) is 5.21. The zero-order chi connectivity index (χ0) is 13.2. The topological polar surface area (TPSA) is 30.5 Å². The normalized spacial score (nSPS) is 22.9. The fourth-order valence-corrected chi connectivity index (χ4v) is 3.83. The van der Waals surface area contributed by atoms with Gasteiger partial charge < -0.3 is 14.8 Å². The maximum absolute atomic E-state index is 5.96. The van der Waals surface area contributed by atoms with E-state index in [2.05, 4.69) is 27.3 Å². The Hall–Kier alpha value is -0.580. The first kappa shape index (κ1) is 13.4. The number of aryl methyl sites for hydroxylation is 1. The van der Waals surface area contributed by atoms with Crippen molar-refractivity contribution < 1.29 is 9.47 Å². The summed E-state index contributed by atoms with van der Waals surface area (Å²) in [6.07, 6.45) is 4.99. The van der Waals surface area contributed by atoms with Crippen LogP contribution in [0, 0.1) is 0 Å². The standard InChI is InChI=1S/C15H20BrNO2/c1-18-15-12(16)8-10-4-2-3-5-11(10)14(15)13-9-17-6-7-19-13/h8,13,17H,2-7,9H2,1H3. The van der Waals surface area contributed by atoms with Crippen LogP contribution in [-0.2, 0) is 17.6 Å². The van der Waals surface area contributed by atoms with Crippen molar-refractivity contribution in [3.05, 3.63) is 27.2 Å². The lowest BCUT2D eigenvalue weighted by molar-refractivity contribution is 0.0255. The zero-order valence-electron chi connectivity index (χ0n) is 11.3. The van der Waals surface area contributed by atoms with Gasteiger partial charge in [-0.05, 0) is 58.8 Å². The summed E-state index contributed by atoms with van der Waals surface area (Å²) in [5.74, 6) is 0.953. The van der Waals surface area contributed by atoms with Crippen LogP contribution in [0.4, 0.5) is 0 Å². The third kappa shape index (κ3) is 2.54. The van der Waals surface area contributed by atoms with Gasteiger partial charge in [-0.3, -0.25) is 0 Å². The number of fused-ring (bicyclic) bond motifs is 1. The van der Waals surface area contributed by atoms with Crippen molar-refractivity contribution in [3.8, 4) is 5.75 Å². The predicted octanol–water partition coefficient (Wildman–Crippen LogP) is 3.00. The van der Waals surface area contributed by atoms with Gasteiger partial charge in [-0.1, -0.05) is 0 Å². The largest absolute Gasteiger partial charge is 0.495 e. The summed E-state index contributed by atoms with van der Waals surface area (Å²) in [7, 11) is 1.75. The molecule has 1 aliphatic heterocycles. The minimum absolute atomic E-state index is 0.119. The van der Waals surface area contributed by atoms with E-state index in [1.807, 2.05) is 0 Å². The number of morpholine rings is 1. The van der Waals surface area contributed by atoms with E-state index in [9.17, 15) is 0 Å². The van der Waals surface area contributed by atoms with Crippen LogP contribution >= 0.6 is 15.9 Å². The fraction of sp³-hybridized carbons (Fsp3) is 0.600. The molecular weight excluding hydrogens is 306 g/mol. The predicted molar refractivity (Wildman–Crippen MR) is 78.9 cm³/mol. The van der Waals surface area contributed by atoms with Crippen molar-refractivity contribution in [3.63, 3.8) is 0 Å². The molecule has 4 heteroatoms.